The lowest BCUT2D eigenvalue weighted by atomic mass is 10.1. The highest BCUT2D eigenvalue weighted by atomic mass is 16.5. The van der Waals surface area contributed by atoms with Gasteiger partial charge in [0.1, 0.15) is 11.6 Å². The normalized spacial score (nSPS) is 24.6. The van der Waals surface area contributed by atoms with Crippen LogP contribution in [0.5, 0.6) is 0 Å². The predicted molar refractivity (Wildman–Crippen MR) is 83.3 cm³/mol. The molecular formula is C16H26N4O. The fourth-order valence-corrected chi connectivity index (χ4v) is 3.42. The largest absolute Gasteiger partial charge is 0.378 e. The Labute approximate surface area is 127 Å². The van der Waals surface area contributed by atoms with Crippen molar-refractivity contribution in [2.75, 3.05) is 25.1 Å². The Kier molecular flexibility index (Phi) is 4.70. The van der Waals surface area contributed by atoms with Crippen molar-refractivity contribution in [2.24, 2.45) is 0 Å². The zero-order valence-electron chi connectivity index (χ0n) is 13.1. The third kappa shape index (κ3) is 3.52. The number of hydrogen-bond acceptors (Lipinski definition) is 5. The molecule has 21 heavy (non-hydrogen) atoms. The molecule has 1 aromatic rings. The molecule has 0 amide bonds. The molecule has 1 unspecified atom stereocenters. The minimum absolute atomic E-state index is 0.204. The summed E-state index contributed by atoms with van der Waals surface area (Å²) in [7, 11) is 0. The average Bonchev–Trinajstić information content (AvgIpc) is 3.01. The van der Waals surface area contributed by atoms with Gasteiger partial charge in [0.2, 0.25) is 0 Å². The summed E-state index contributed by atoms with van der Waals surface area (Å²) in [5.74, 6) is 1.80. The van der Waals surface area contributed by atoms with Gasteiger partial charge >= 0.3 is 0 Å². The Morgan fingerprint density at radius 1 is 1.33 bits per heavy atom. The minimum atomic E-state index is 0.204. The second-order valence-corrected chi connectivity index (χ2v) is 6.37. The third-order valence-electron chi connectivity index (χ3n) is 4.37. The molecule has 0 spiro atoms. The Bertz CT molecular complexity index is 459. The van der Waals surface area contributed by atoms with Crippen LogP contribution in [0, 0.1) is 0 Å². The van der Waals surface area contributed by atoms with Gasteiger partial charge in [-0.2, -0.15) is 0 Å². The Hall–Kier alpha value is -1.20. The number of hydrogen-bond donors (Lipinski definition) is 1. The third-order valence-corrected chi connectivity index (χ3v) is 4.37. The fraction of sp³-hybridized carbons (Fsp3) is 0.750. The van der Waals surface area contributed by atoms with Crippen LogP contribution in [-0.2, 0) is 4.74 Å². The van der Waals surface area contributed by atoms with Crippen molar-refractivity contribution in [3.05, 3.63) is 18.1 Å². The lowest BCUT2D eigenvalue weighted by Crippen LogP contribution is -2.45. The van der Waals surface area contributed by atoms with Crippen molar-refractivity contribution >= 4 is 5.82 Å². The van der Waals surface area contributed by atoms with Gasteiger partial charge in [0.25, 0.3) is 0 Å². The summed E-state index contributed by atoms with van der Waals surface area (Å²) in [6.07, 6.45) is 7.17. The van der Waals surface area contributed by atoms with Crippen LogP contribution in [0.1, 0.15) is 51.4 Å². The number of rotatable bonds is 4. The number of morpholine rings is 1. The van der Waals surface area contributed by atoms with E-state index in [1.165, 1.54) is 25.7 Å². The van der Waals surface area contributed by atoms with Crippen LogP contribution in [0.15, 0.2) is 12.3 Å². The van der Waals surface area contributed by atoms with E-state index in [0.717, 1.165) is 24.8 Å². The van der Waals surface area contributed by atoms with Crippen molar-refractivity contribution in [3.8, 4) is 0 Å². The maximum absolute atomic E-state index is 5.71. The van der Waals surface area contributed by atoms with Gasteiger partial charge in [-0.1, -0.05) is 12.8 Å². The molecule has 1 saturated heterocycles. The molecule has 0 radical (unpaired) electrons. The molecular weight excluding hydrogens is 264 g/mol. The van der Waals surface area contributed by atoms with Gasteiger partial charge in [-0.05, 0) is 32.8 Å². The van der Waals surface area contributed by atoms with E-state index >= 15 is 0 Å². The summed E-state index contributed by atoms with van der Waals surface area (Å²) >= 11 is 0. The molecule has 2 heterocycles. The van der Waals surface area contributed by atoms with Gasteiger partial charge in [0, 0.05) is 24.8 Å². The highest BCUT2D eigenvalue weighted by Crippen LogP contribution is 2.31. The van der Waals surface area contributed by atoms with Crippen LogP contribution in [0.2, 0.25) is 0 Å². The first-order valence-electron chi connectivity index (χ1n) is 8.17. The van der Waals surface area contributed by atoms with Gasteiger partial charge in [-0.15, -0.1) is 0 Å². The van der Waals surface area contributed by atoms with Crippen LogP contribution in [0.3, 0.4) is 0 Å². The molecule has 3 rings (SSSR count). The van der Waals surface area contributed by atoms with Crippen LogP contribution < -0.4 is 5.32 Å². The molecule has 2 fully saturated rings. The van der Waals surface area contributed by atoms with Crippen molar-refractivity contribution in [1.29, 1.82) is 0 Å². The summed E-state index contributed by atoms with van der Waals surface area (Å²) in [6.45, 7) is 6.78. The molecule has 5 heteroatoms. The van der Waals surface area contributed by atoms with Crippen LogP contribution in [0.25, 0.3) is 0 Å². The first kappa shape index (κ1) is 14.7. The summed E-state index contributed by atoms with van der Waals surface area (Å²) in [6, 6.07) is 3.20. The van der Waals surface area contributed by atoms with Gasteiger partial charge in [-0.3, -0.25) is 4.90 Å². The first-order valence-corrected chi connectivity index (χ1v) is 8.17. The minimum Gasteiger partial charge on any atom is -0.378 e. The molecule has 1 aliphatic heterocycles. The standard InChI is InChI=1S/C16H26N4O/c1-12(2)18-15-7-8-17-16(19-15)14-11-21-10-9-20(14)13-5-3-4-6-13/h7-8,12-14H,3-6,9-11H2,1-2H3,(H,17,18,19). The maximum atomic E-state index is 5.71. The topological polar surface area (TPSA) is 50.3 Å². The molecule has 1 N–H and O–H groups in total. The SMILES string of the molecule is CC(C)Nc1ccnc(C2COCCN2C2CCCC2)n1. The first-order chi connectivity index (χ1) is 10.2. The molecule has 1 atom stereocenters. The number of aromatic nitrogens is 2. The van der Waals surface area contributed by atoms with E-state index in [2.05, 4.69) is 29.0 Å². The molecule has 116 valence electrons. The predicted octanol–water partition coefficient (Wildman–Crippen LogP) is 2.61. The van der Waals surface area contributed by atoms with Crippen LogP contribution in [-0.4, -0.2) is 46.7 Å². The Balaban J connectivity index is 1.79. The number of ether oxygens (including phenoxy) is 1. The van der Waals surface area contributed by atoms with E-state index in [1.54, 1.807) is 0 Å². The van der Waals surface area contributed by atoms with Crippen molar-refractivity contribution < 1.29 is 4.74 Å². The Morgan fingerprint density at radius 2 is 2.14 bits per heavy atom. The summed E-state index contributed by atoms with van der Waals surface area (Å²) in [5, 5.41) is 3.36. The van der Waals surface area contributed by atoms with E-state index in [4.69, 9.17) is 9.72 Å². The second kappa shape index (κ2) is 6.71. The molecule has 1 saturated carbocycles. The van der Waals surface area contributed by atoms with Crippen LogP contribution in [0.4, 0.5) is 5.82 Å². The van der Waals surface area contributed by atoms with Gasteiger partial charge in [0.05, 0.1) is 19.3 Å². The molecule has 1 aromatic heterocycles. The number of nitrogens with zero attached hydrogens (tertiary/aromatic N) is 3. The zero-order valence-corrected chi connectivity index (χ0v) is 13.1. The Morgan fingerprint density at radius 3 is 2.90 bits per heavy atom. The molecule has 2 aliphatic rings. The number of anilines is 1. The van der Waals surface area contributed by atoms with E-state index < -0.39 is 0 Å². The smallest absolute Gasteiger partial charge is 0.150 e. The fourth-order valence-electron chi connectivity index (χ4n) is 3.42. The average molecular weight is 290 g/mol. The molecule has 0 bridgehead atoms. The lowest BCUT2D eigenvalue weighted by Gasteiger charge is -2.38. The van der Waals surface area contributed by atoms with E-state index in [0.29, 0.717) is 18.7 Å². The summed E-state index contributed by atoms with van der Waals surface area (Å²) in [5.41, 5.74) is 0. The highest BCUT2D eigenvalue weighted by molar-refractivity contribution is 5.34. The van der Waals surface area contributed by atoms with Crippen molar-refractivity contribution in [1.82, 2.24) is 14.9 Å². The van der Waals surface area contributed by atoms with Crippen LogP contribution >= 0.6 is 0 Å². The van der Waals surface area contributed by atoms with Gasteiger partial charge in [-0.25, -0.2) is 9.97 Å². The second-order valence-electron chi connectivity index (χ2n) is 6.37. The zero-order chi connectivity index (χ0) is 14.7. The lowest BCUT2D eigenvalue weighted by molar-refractivity contribution is -0.0320. The molecule has 1 aliphatic carbocycles. The quantitative estimate of drug-likeness (QED) is 0.923. The summed E-state index contributed by atoms with van der Waals surface area (Å²) in [4.78, 5) is 11.8. The monoisotopic (exact) mass is 290 g/mol. The molecule has 0 aromatic carbocycles. The maximum Gasteiger partial charge on any atom is 0.150 e. The number of nitrogens with one attached hydrogen (secondary N) is 1. The van der Waals surface area contributed by atoms with Crippen molar-refractivity contribution in [2.45, 2.75) is 57.7 Å². The van der Waals surface area contributed by atoms with E-state index in [9.17, 15) is 0 Å². The molecule has 5 nitrogen and oxygen atoms in total. The van der Waals surface area contributed by atoms with Gasteiger partial charge in [0.15, 0.2) is 0 Å². The van der Waals surface area contributed by atoms with E-state index in [1.807, 2.05) is 12.3 Å². The summed E-state index contributed by atoms with van der Waals surface area (Å²) < 4.78 is 5.71. The van der Waals surface area contributed by atoms with Gasteiger partial charge < -0.3 is 10.1 Å². The highest BCUT2D eigenvalue weighted by Gasteiger charge is 2.33. The van der Waals surface area contributed by atoms with E-state index in [-0.39, 0.29) is 6.04 Å². The van der Waals surface area contributed by atoms with Crippen molar-refractivity contribution in [3.63, 3.8) is 0 Å².